The number of benzene rings is 1. The van der Waals surface area contributed by atoms with Crippen molar-refractivity contribution in [2.75, 3.05) is 11.9 Å². The summed E-state index contributed by atoms with van der Waals surface area (Å²) in [7, 11) is 0. The first-order valence-electron chi connectivity index (χ1n) is 7.89. The molecular weight excluding hydrogens is 385 g/mol. The molecule has 142 valence electrons. The monoisotopic (exact) mass is 398 g/mol. The van der Waals surface area contributed by atoms with Gasteiger partial charge in [0.25, 0.3) is 0 Å². The number of fused-ring (bicyclic) bond motifs is 1. The number of rotatable bonds is 4. The van der Waals surface area contributed by atoms with Crippen LogP contribution in [0.25, 0.3) is 0 Å². The van der Waals surface area contributed by atoms with Gasteiger partial charge in [-0.15, -0.1) is 0 Å². The van der Waals surface area contributed by atoms with E-state index >= 15 is 0 Å². The van der Waals surface area contributed by atoms with Gasteiger partial charge in [0.2, 0.25) is 5.91 Å². The predicted molar refractivity (Wildman–Crippen MR) is 91.5 cm³/mol. The van der Waals surface area contributed by atoms with Crippen molar-refractivity contribution in [1.82, 2.24) is 15.2 Å². The molecule has 10 heteroatoms. The van der Waals surface area contributed by atoms with Gasteiger partial charge < -0.3 is 15.5 Å². The Morgan fingerprint density at radius 2 is 2.11 bits per heavy atom. The zero-order valence-electron chi connectivity index (χ0n) is 14.0. The van der Waals surface area contributed by atoms with Crippen molar-refractivity contribution in [3.8, 4) is 0 Å². The number of amides is 3. The molecule has 27 heavy (non-hydrogen) atoms. The standard InChI is InChI=1S/C17H14ClF3N4O2/c1-8(16-12(20)4-9(18)5-22-16)23-14(26)7-25-6-10-13(24-17(25)27)3-2-11(19)15(10)21/h2-5,8H,6-7H2,1H3,(H,23,26)(H,24,27)/t8-/m0/s1. The summed E-state index contributed by atoms with van der Waals surface area (Å²) in [5, 5.41) is 5.02. The van der Waals surface area contributed by atoms with Gasteiger partial charge in [0.05, 0.1) is 29.0 Å². The Hall–Kier alpha value is -2.81. The van der Waals surface area contributed by atoms with Gasteiger partial charge in [0.15, 0.2) is 11.6 Å². The van der Waals surface area contributed by atoms with Gasteiger partial charge in [-0.3, -0.25) is 9.78 Å². The second kappa shape index (κ2) is 7.43. The number of anilines is 1. The molecule has 0 aliphatic carbocycles. The fourth-order valence-corrected chi connectivity index (χ4v) is 2.87. The Morgan fingerprint density at radius 1 is 1.37 bits per heavy atom. The number of carbonyl (C=O) groups excluding carboxylic acids is 2. The molecule has 1 aromatic carbocycles. The summed E-state index contributed by atoms with van der Waals surface area (Å²) in [5.41, 5.74) is 0.0755. The summed E-state index contributed by atoms with van der Waals surface area (Å²) in [6.07, 6.45) is 1.25. The minimum atomic E-state index is -1.08. The van der Waals surface area contributed by atoms with Crippen LogP contribution in [0.15, 0.2) is 24.4 Å². The number of carbonyl (C=O) groups is 2. The van der Waals surface area contributed by atoms with Gasteiger partial charge in [0.1, 0.15) is 12.4 Å². The first-order chi connectivity index (χ1) is 12.8. The van der Waals surface area contributed by atoms with Gasteiger partial charge in [-0.2, -0.15) is 0 Å². The Balaban J connectivity index is 1.68. The predicted octanol–water partition coefficient (Wildman–Crippen LogP) is 3.38. The summed E-state index contributed by atoms with van der Waals surface area (Å²) in [5.74, 6) is -3.43. The number of pyridine rings is 1. The van der Waals surface area contributed by atoms with E-state index in [0.717, 1.165) is 17.0 Å². The summed E-state index contributed by atoms with van der Waals surface area (Å²) < 4.78 is 41.2. The number of aromatic nitrogens is 1. The Labute approximate surface area is 157 Å². The van der Waals surface area contributed by atoms with Crippen LogP contribution in [0.4, 0.5) is 23.7 Å². The van der Waals surface area contributed by atoms with Gasteiger partial charge >= 0.3 is 6.03 Å². The van der Waals surface area contributed by atoms with Crippen LogP contribution in [-0.4, -0.2) is 28.4 Å². The van der Waals surface area contributed by atoms with Crippen LogP contribution in [0.1, 0.15) is 24.2 Å². The molecule has 0 spiro atoms. The van der Waals surface area contributed by atoms with Crippen molar-refractivity contribution in [3.05, 3.63) is 58.1 Å². The maximum absolute atomic E-state index is 13.9. The highest BCUT2D eigenvalue weighted by Crippen LogP contribution is 2.27. The molecule has 3 amide bonds. The molecule has 0 unspecified atom stereocenters. The molecule has 0 fully saturated rings. The summed E-state index contributed by atoms with van der Waals surface area (Å²) >= 11 is 5.64. The molecular formula is C17H14ClF3N4O2. The molecule has 1 atom stereocenters. The minimum absolute atomic E-state index is 0.0192. The molecule has 0 radical (unpaired) electrons. The molecule has 0 saturated heterocycles. The van der Waals surface area contributed by atoms with Gasteiger partial charge in [-0.1, -0.05) is 11.6 Å². The lowest BCUT2D eigenvalue weighted by molar-refractivity contribution is -0.122. The van der Waals surface area contributed by atoms with Crippen molar-refractivity contribution in [3.63, 3.8) is 0 Å². The molecule has 1 aliphatic heterocycles. The maximum atomic E-state index is 13.9. The second-order valence-electron chi connectivity index (χ2n) is 5.98. The molecule has 6 nitrogen and oxygen atoms in total. The van der Waals surface area contributed by atoms with E-state index in [2.05, 4.69) is 15.6 Å². The lowest BCUT2D eigenvalue weighted by Crippen LogP contribution is -2.45. The fourth-order valence-electron chi connectivity index (χ4n) is 2.72. The molecule has 2 N–H and O–H groups in total. The van der Waals surface area contributed by atoms with Crippen LogP contribution in [0.3, 0.4) is 0 Å². The molecule has 2 heterocycles. The highest BCUT2D eigenvalue weighted by atomic mass is 35.5. The Kier molecular flexibility index (Phi) is 5.22. The third-order valence-corrected chi connectivity index (χ3v) is 4.24. The normalized spacial score (nSPS) is 14.4. The first kappa shape index (κ1) is 19.0. The zero-order chi connectivity index (χ0) is 19.7. The van der Waals surface area contributed by atoms with Crippen molar-refractivity contribution in [1.29, 1.82) is 0 Å². The van der Waals surface area contributed by atoms with Crippen LogP contribution in [0.5, 0.6) is 0 Å². The first-order valence-corrected chi connectivity index (χ1v) is 8.27. The van der Waals surface area contributed by atoms with Crippen molar-refractivity contribution < 1.29 is 22.8 Å². The maximum Gasteiger partial charge on any atom is 0.322 e. The highest BCUT2D eigenvalue weighted by molar-refractivity contribution is 6.30. The van der Waals surface area contributed by atoms with Crippen LogP contribution in [0.2, 0.25) is 5.02 Å². The molecule has 1 aliphatic rings. The van der Waals surface area contributed by atoms with Crippen LogP contribution >= 0.6 is 11.6 Å². The third kappa shape index (κ3) is 3.97. The molecule has 0 bridgehead atoms. The number of halogens is 4. The van der Waals surface area contributed by atoms with E-state index in [4.69, 9.17) is 11.6 Å². The summed E-state index contributed by atoms with van der Waals surface area (Å²) in [4.78, 5) is 29.1. The quantitative estimate of drug-likeness (QED) is 0.829. The fraction of sp³-hybridized carbons (Fsp3) is 0.235. The van der Waals surface area contributed by atoms with E-state index in [0.29, 0.717) is 0 Å². The smallest absolute Gasteiger partial charge is 0.322 e. The Bertz CT molecular complexity index is 925. The SMILES string of the molecule is C[C@H](NC(=O)CN1Cc2c(ccc(F)c2F)NC1=O)c1ncc(Cl)cc1F. The number of hydrogen-bond donors (Lipinski definition) is 2. The minimum Gasteiger partial charge on any atom is -0.346 e. The van der Waals surface area contributed by atoms with Gasteiger partial charge in [-0.05, 0) is 25.1 Å². The van der Waals surface area contributed by atoms with Gasteiger partial charge in [0, 0.05) is 11.8 Å². The summed E-state index contributed by atoms with van der Waals surface area (Å²) in [6, 6.07) is 1.81. The van der Waals surface area contributed by atoms with E-state index in [-0.39, 0.29) is 28.5 Å². The highest BCUT2D eigenvalue weighted by Gasteiger charge is 2.28. The number of nitrogens with zero attached hydrogens (tertiary/aromatic N) is 2. The van der Waals surface area contributed by atoms with Crippen molar-refractivity contribution in [2.45, 2.75) is 19.5 Å². The van der Waals surface area contributed by atoms with Crippen LogP contribution < -0.4 is 10.6 Å². The van der Waals surface area contributed by atoms with E-state index in [9.17, 15) is 22.8 Å². The summed E-state index contributed by atoms with van der Waals surface area (Å²) in [6.45, 7) is 0.804. The zero-order valence-corrected chi connectivity index (χ0v) is 14.8. The number of urea groups is 1. The number of nitrogens with one attached hydrogen (secondary N) is 2. The molecule has 2 aromatic rings. The second-order valence-corrected chi connectivity index (χ2v) is 6.42. The van der Waals surface area contributed by atoms with Gasteiger partial charge in [-0.25, -0.2) is 18.0 Å². The Morgan fingerprint density at radius 3 is 2.81 bits per heavy atom. The topological polar surface area (TPSA) is 74.3 Å². The average molecular weight is 399 g/mol. The van der Waals surface area contributed by atoms with Crippen molar-refractivity contribution in [2.24, 2.45) is 0 Å². The lowest BCUT2D eigenvalue weighted by Gasteiger charge is -2.29. The van der Waals surface area contributed by atoms with E-state index in [1.54, 1.807) is 0 Å². The lowest BCUT2D eigenvalue weighted by atomic mass is 10.1. The third-order valence-electron chi connectivity index (χ3n) is 4.03. The molecule has 0 saturated carbocycles. The molecule has 3 rings (SSSR count). The largest absolute Gasteiger partial charge is 0.346 e. The van der Waals surface area contributed by atoms with E-state index < -0.39 is 42.0 Å². The number of hydrogen-bond acceptors (Lipinski definition) is 3. The van der Waals surface area contributed by atoms with Crippen LogP contribution in [0, 0.1) is 17.5 Å². The van der Waals surface area contributed by atoms with Crippen LogP contribution in [-0.2, 0) is 11.3 Å². The van der Waals surface area contributed by atoms with E-state index in [1.807, 2.05) is 0 Å². The molecule has 1 aromatic heterocycles. The van der Waals surface area contributed by atoms with Crippen molar-refractivity contribution >= 4 is 29.2 Å². The van der Waals surface area contributed by atoms with E-state index in [1.165, 1.54) is 19.2 Å². The average Bonchev–Trinajstić information content (AvgIpc) is 2.59.